The summed E-state index contributed by atoms with van der Waals surface area (Å²) in [6.45, 7) is 9.14. The zero-order valence-electron chi connectivity index (χ0n) is 12.1. The van der Waals surface area contributed by atoms with Crippen molar-refractivity contribution < 1.29 is 4.79 Å². The molecule has 19 heavy (non-hydrogen) atoms. The molecule has 1 aromatic rings. The minimum absolute atomic E-state index is 0.122. The highest BCUT2D eigenvalue weighted by Crippen LogP contribution is 2.26. The summed E-state index contributed by atoms with van der Waals surface area (Å²) in [6.07, 6.45) is 3.70. The molecule has 1 aromatic heterocycles. The fourth-order valence-corrected chi connectivity index (χ4v) is 3.30. The molecule has 1 aliphatic rings. The number of hydrogen-bond donors (Lipinski definition) is 2. The summed E-state index contributed by atoms with van der Waals surface area (Å²) < 4.78 is 0. The number of carbonyl (C=O) groups excluding carboxylic acids is 1. The van der Waals surface area contributed by atoms with Crippen molar-refractivity contribution in [2.45, 2.75) is 52.1 Å². The first kappa shape index (κ1) is 14.5. The minimum atomic E-state index is -0.385. The first-order valence-corrected chi connectivity index (χ1v) is 7.68. The van der Waals surface area contributed by atoms with E-state index in [1.165, 1.54) is 4.88 Å². The lowest BCUT2D eigenvalue weighted by Gasteiger charge is -2.31. The molecule has 2 heterocycles. The predicted molar refractivity (Wildman–Crippen MR) is 78.2 cm³/mol. The monoisotopic (exact) mass is 281 g/mol. The lowest BCUT2D eigenvalue weighted by Crippen LogP contribution is -2.48. The standard InChI is InChI=1S/C14H23N3OS/c1-9-7-11(5-6-15-9)12(18)17-14(3,4)13-16-8-10(2)19-13/h8-9,11,15H,5-7H2,1-4H3,(H,17,18)/t9-,11-/m0/s1. The Bertz CT molecular complexity index is 455. The Morgan fingerprint density at radius 2 is 2.32 bits per heavy atom. The maximum Gasteiger partial charge on any atom is 0.223 e. The lowest BCUT2D eigenvalue weighted by molar-refractivity contribution is -0.127. The van der Waals surface area contributed by atoms with Crippen molar-refractivity contribution in [3.8, 4) is 0 Å². The van der Waals surface area contributed by atoms with Crippen LogP contribution in [0.5, 0.6) is 0 Å². The van der Waals surface area contributed by atoms with Crippen LogP contribution in [0.25, 0.3) is 0 Å². The van der Waals surface area contributed by atoms with Crippen LogP contribution in [0.15, 0.2) is 6.20 Å². The molecule has 106 valence electrons. The number of nitrogens with one attached hydrogen (secondary N) is 2. The Morgan fingerprint density at radius 1 is 1.58 bits per heavy atom. The summed E-state index contributed by atoms with van der Waals surface area (Å²) in [7, 11) is 0. The molecule has 0 spiro atoms. The molecule has 4 nitrogen and oxygen atoms in total. The second-order valence-corrected chi connectivity index (χ2v) is 7.20. The summed E-state index contributed by atoms with van der Waals surface area (Å²) in [5.41, 5.74) is -0.385. The van der Waals surface area contributed by atoms with Gasteiger partial charge in [-0.3, -0.25) is 4.79 Å². The van der Waals surface area contributed by atoms with E-state index >= 15 is 0 Å². The zero-order chi connectivity index (χ0) is 14.0. The molecule has 0 saturated carbocycles. The van der Waals surface area contributed by atoms with Gasteiger partial charge in [0.2, 0.25) is 5.91 Å². The highest BCUT2D eigenvalue weighted by molar-refractivity contribution is 7.11. The van der Waals surface area contributed by atoms with E-state index in [1.807, 2.05) is 27.0 Å². The lowest BCUT2D eigenvalue weighted by atomic mass is 9.91. The second-order valence-electron chi connectivity index (χ2n) is 5.97. The van der Waals surface area contributed by atoms with Crippen LogP contribution in [0.2, 0.25) is 0 Å². The smallest absolute Gasteiger partial charge is 0.223 e. The largest absolute Gasteiger partial charge is 0.344 e. The number of aromatic nitrogens is 1. The molecule has 0 unspecified atom stereocenters. The SMILES string of the molecule is Cc1cnc(C(C)(C)NC(=O)[C@H]2CCN[C@@H](C)C2)s1. The van der Waals surface area contributed by atoms with Gasteiger partial charge in [-0.1, -0.05) is 0 Å². The maximum atomic E-state index is 12.4. The van der Waals surface area contributed by atoms with Crippen LogP contribution in [-0.2, 0) is 10.3 Å². The molecule has 2 N–H and O–H groups in total. The number of piperidine rings is 1. The fourth-order valence-electron chi connectivity index (χ4n) is 2.48. The molecule has 0 aliphatic carbocycles. The molecule has 1 saturated heterocycles. The van der Waals surface area contributed by atoms with Gasteiger partial charge >= 0.3 is 0 Å². The van der Waals surface area contributed by atoms with Gasteiger partial charge in [-0.05, 0) is 47.1 Å². The van der Waals surface area contributed by atoms with Gasteiger partial charge < -0.3 is 10.6 Å². The van der Waals surface area contributed by atoms with Crippen LogP contribution in [0.4, 0.5) is 0 Å². The molecular formula is C14H23N3OS. The molecule has 5 heteroatoms. The summed E-state index contributed by atoms with van der Waals surface area (Å²) >= 11 is 1.65. The number of aryl methyl sites for hydroxylation is 1. The topological polar surface area (TPSA) is 54.0 Å². The van der Waals surface area contributed by atoms with Gasteiger partial charge in [0.05, 0.1) is 5.54 Å². The summed E-state index contributed by atoms with van der Waals surface area (Å²) in [5.74, 6) is 0.280. The fraction of sp³-hybridized carbons (Fsp3) is 0.714. The second kappa shape index (κ2) is 5.59. The molecular weight excluding hydrogens is 258 g/mol. The van der Waals surface area contributed by atoms with Crippen molar-refractivity contribution in [3.63, 3.8) is 0 Å². The van der Waals surface area contributed by atoms with Crippen LogP contribution in [0.3, 0.4) is 0 Å². The number of thiazole rings is 1. The number of amides is 1. The van der Waals surface area contributed by atoms with Crippen LogP contribution in [0.1, 0.15) is 43.5 Å². The van der Waals surface area contributed by atoms with Crippen LogP contribution in [-0.4, -0.2) is 23.5 Å². The summed E-state index contributed by atoms with van der Waals surface area (Å²) in [4.78, 5) is 17.9. The van der Waals surface area contributed by atoms with Crippen molar-refractivity contribution in [3.05, 3.63) is 16.1 Å². The molecule has 2 rings (SSSR count). The van der Waals surface area contributed by atoms with E-state index in [2.05, 4.69) is 22.5 Å². The Hall–Kier alpha value is -0.940. The van der Waals surface area contributed by atoms with E-state index in [0.29, 0.717) is 6.04 Å². The van der Waals surface area contributed by atoms with E-state index in [9.17, 15) is 4.79 Å². The Kier molecular flexibility index (Phi) is 4.26. The molecule has 1 aliphatic heterocycles. The third kappa shape index (κ3) is 3.54. The van der Waals surface area contributed by atoms with Gasteiger partial charge in [0.25, 0.3) is 0 Å². The van der Waals surface area contributed by atoms with Crippen molar-refractivity contribution in [2.24, 2.45) is 5.92 Å². The molecule has 0 bridgehead atoms. The van der Waals surface area contributed by atoms with Gasteiger partial charge in [-0.15, -0.1) is 11.3 Å². The first-order valence-electron chi connectivity index (χ1n) is 6.87. The Labute approximate surface area is 119 Å². The van der Waals surface area contributed by atoms with E-state index in [1.54, 1.807) is 11.3 Å². The Morgan fingerprint density at radius 3 is 2.89 bits per heavy atom. The van der Waals surface area contributed by atoms with Crippen molar-refractivity contribution in [1.29, 1.82) is 0 Å². The molecule has 0 aromatic carbocycles. The average molecular weight is 281 g/mol. The van der Waals surface area contributed by atoms with Crippen LogP contribution >= 0.6 is 11.3 Å². The quantitative estimate of drug-likeness (QED) is 0.893. The molecule has 2 atom stereocenters. The first-order chi connectivity index (χ1) is 8.88. The number of rotatable bonds is 3. The number of hydrogen-bond acceptors (Lipinski definition) is 4. The van der Waals surface area contributed by atoms with Gasteiger partial charge in [0, 0.05) is 23.0 Å². The van der Waals surface area contributed by atoms with Crippen molar-refractivity contribution in [1.82, 2.24) is 15.6 Å². The third-order valence-electron chi connectivity index (χ3n) is 3.59. The average Bonchev–Trinajstić information content (AvgIpc) is 2.76. The maximum absolute atomic E-state index is 12.4. The molecule has 1 amide bonds. The predicted octanol–water partition coefficient (Wildman–Crippen LogP) is 2.19. The van der Waals surface area contributed by atoms with E-state index in [0.717, 1.165) is 24.4 Å². The van der Waals surface area contributed by atoms with E-state index in [4.69, 9.17) is 0 Å². The van der Waals surface area contributed by atoms with E-state index in [-0.39, 0.29) is 17.4 Å². The highest BCUT2D eigenvalue weighted by atomic mass is 32.1. The summed E-state index contributed by atoms with van der Waals surface area (Å²) in [6, 6.07) is 0.426. The number of nitrogens with zero attached hydrogens (tertiary/aromatic N) is 1. The zero-order valence-corrected chi connectivity index (χ0v) is 12.9. The third-order valence-corrected chi connectivity index (χ3v) is 4.82. The molecule has 1 fully saturated rings. The normalized spacial score (nSPS) is 24.2. The van der Waals surface area contributed by atoms with Crippen molar-refractivity contribution >= 4 is 17.2 Å². The molecule has 0 radical (unpaired) electrons. The van der Waals surface area contributed by atoms with Gasteiger partial charge in [0.15, 0.2) is 0 Å². The van der Waals surface area contributed by atoms with Crippen molar-refractivity contribution in [2.75, 3.05) is 6.54 Å². The van der Waals surface area contributed by atoms with Gasteiger partial charge in [0.1, 0.15) is 5.01 Å². The highest BCUT2D eigenvalue weighted by Gasteiger charge is 2.31. The van der Waals surface area contributed by atoms with Crippen LogP contribution in [0, 0.1) is 12.8 Å². The summed E-state index contributed by atoms with van der Waals surface area (Å²) in [5, 5.41) is 7.50. The number of carbonyl (C=O) groups is 1. The van der Waals surface area contributed by atoms with Crippen LogP contribution < -0.4 is 10.6 Å². The minimum Gasteiger partial charge on any atom is -0.344 e. The van der Waals surface area contributed by atoms with Gasteiger partial charge in [-0.25, -0.2) is 4.98 Å². The van der Waals surface area contributed by atoms with Gasteiger partial charge in [-0.2, -0.15) is 0 Å². The Balaban J connectivity index is 2.01. The van der Waals surface area contributed by atoms with E-state index < -0.39 is 0 Å².